The number of halogens is 1. The van der Waals surface area contributed by atoms with Gasteiger partial charge in [0.2, 0.25) is 0 Å². The van der Waals surface area contributed by atoms with Crippen molar-refractivity contribution in [3.05, 3.63) is 89.2 Å². The minimum atomic E-state index is -0.923. The highest BCUT2D eigenvalue weighted by molar-refractivity contribution is 5.67. The van der Waals surface area contributed by atoms with Gasteiger partial charge < -0.3 is 20.1 Å². The van der Waals surface area contributed by atoms with Crippen LogP contribution in [0.3, 0.4) is 0 Å². The van der Waals surface area contributed by atoms with E-state index in [0.717, 1.165) is 38.1 Å². The van der Waals surface area contributed by atoms with Gasteiger partial charge in [-0.05, 0) is 72.7 Å². The van der Waals surface area contributed by atoms with Crippen LogP contribution in [-0.2, 0) is 24.2 Å². The summed E-state index contributed by atoms with van der Waals surface area (Å²) in [5, 5.41) is 12.1. The number of hydrogen-bond donors (Lipinski definition) is 2. The molecule has 178 valence electrons. The molecule has 0 aliphatic carbocycles. The van der Waals surface area contributed by atoms with Gasteiger partial charge in [-0.25, -0.2) is 4.39 Å². The lowest BCUT2D eigenvalue weighted by Gasteiger charge is -2.32. The molecule has 3 aromatic rings. The standard InChI is InChI=1S/C28H31FN2O3/c29-26-19-23(14-12-21(26)13-15-28(32)33)30-20-22-7-4-11-27-25(22)10-5-16-31(27)17-6-18-34-24-8-2-1-3-9-24/h1-4,7-9,11-12,14,19,30H,5-6,10,13,15-18,20H2,(H,32,33). The Bertz CT molecular complexity index is 1100. The molecule has 0 atom stereocenters. The van der Waals surface area contributed by atoms with Crippen LogP contribution in [0.15, 0.2) is 66.7 Å². The lowest BCUT2D eigenvalue weighted by atomic mass is 9.96. The van der Waals surface area contributed by atoms with Crippen molar-refractivity contribution < 1.29 is 19.0 Å². The Morgan fingerprint density at radius 1 is 1.06 bits per heavy atom. The van der Waals surface area contributed by atoms with Crippen LogP contribution in [0, 0.1) is 5.82 Å². The first kappa shape index (κ1) is 23.6. The minimum Gasteiger partial charge on any atom is -0.494 e. The summed E-state index contributed by atoms with van der Waals surface area (Å²) in [5.74, 6) is -0.389. The van der Waals surface area contributed by atoms with E-state index in [4.69, 9.17) is 9.84 Å². The zero-order chi connectivity index (χ0) is 23.8. The van der Waals surface area contributed by atoms with Crippen LogP contribution in [0.25, 0.3) is 0 Å². The van der Waals surface area contributed by atoms with Gasteiger partial charge in [0.05, 0.1) is 6.61 Å². The van der Waals surface area contributed by atoms with E-state index in [1.54, 1.807) is 6.07 Å². The Kier molecular flexibility index (Phi) is 8.02. The monoisotopic (exact) mass is 462 g/mol. The number of anilines is 2. The second kappa shape index (κ2) is 11.5. The number of nitrogens with zero attached hydrogens (tertiary/aromatic N) is 1. The predicted octanol–water partition coefficient (Wildman–Crippen LogP) is 5.68. The van der Waals surface area contributed by atoms with Crippen LogP contribution in [0.1, 0.15) is 36.0 Å². The highest BCUT2D eigenvalue weighted by atomic mass is 19.1. The molecule has 0 saturated carbocycles. The topological polar surface area (TPSA) is 61.8 Å². The van der Waals surface area contributed by atoms with Gasteiger partial charge in [-0.2, -0.15) is 0 Å². The molecule has 1 aliphatic heterocycles. The molecular weight excluding hydrogens is 431 g/mol. The molecule has 0 radical (unpaired) electrons. The number of para-hydroxylation sites is 1. The number of ether oxygens (including phenoxy) is 1. The largest absolute Gasteiger partial charge is 0.494 e. The molecule has 0 unspecified atom stereocenters. The number of nitrogens with one attached hydrogen (secondary N) is 1. The van der Waals surface area contributed by atoms with E-state index in [2.05, 4.69) is 28.4 Å². The summed E-state index contributed by atoms with van der Waals surface area (Å²) < 4.78 is 20.2. The predicted molar refractivity (Wildman–Crippen MR) is 133 cm³/mol. The summed E-state index contributed by atoms with van der Waals surface area (Å²) in [6, 6.07) is 21.2. The van der Waals surface area contributed by atoms with Gasteiger partial charge in [-0.15, -0.1) is 0 Å². The Morgan fingerprint density at radius 3 is 2.71 bits per heavy atom. The summed E-state index contributed by atoms with van der Waals surface area (Å²) in [5.41, 5.74) is 4.97. The van der Waals surface area contributed by atoms with Crippen molar-refractivity contribution >= 4 is 17.3 Å². The number of carbonyl (C=O) groups is 1. The lowest BCUT2D eigenvalue weighted by molar-refractivity contribution is -0.136. The molecule has 0 aromatic heterocycles. The Balaban J connectivity index is 1.34. The Morgan fingerprint density at radius 2 is 1.91 bits per heavy atom. The van der Waals surface area contributed by atoms with Gasteiger partial charge in [-0.1, -0.05) is 36.4 Å². The average Bonchev–Trinajstić information content (AvgIpc) is 2.85. The maximum absolute atomic E-state index is 14.4. The fraction of sp³-hybridized carbons (Fsp3) is 0.321. The second-order valence-corrected chi connectivity index (χ2v) is 8.57. The molecule has 2 N–H and O–H groups in total. The van der Waals surface area contributed by atoms with Crippen LogP contribution in [-0.4, -0.2) is 30.8 Å². The van der Waals surface area contributed by atoms with Crippen molar-refractivity contribution in [2.45, 2.75) is 38.6 Å². The zero-order valence-electron chi connectivity index (χ0n) is 19.3. The van der Waals surface area contributed by atoms with Crippen LogP contribution >= 0.6 is 0 Å². The van der Waals surface area contributed by atoms with Crippen molar-refractivity contribution in [2.24, 2.45) is 0 Å². The van der Waals surface area contributed by atoms with Crippen LogP contribution in [0.4, 0.5) is 15.8 Å². The van der Waals surface area contributed by atoms with Crippen LogP contribution in [0.2, 0.25) is 0 Å². The maximum Gasteiger partial charge on any atom is 0.303 e. The smallest absolute Gasteiger partial charge is 0.303 e. The van der Waals surface area contributed by atoms with Gasteiger partial charge in [-0.3, -0.25) is 4.79 Å². The number of fused-ring (bicyclic) bond motifs is 1. The quantitative estimate of drug-likeness (QED) is 0.359. The van der Waals surface area contributed by atoms with E-state index in [9.17, 15) is 9.18 Å². The lowest BCUT2D eigenvalue weighted by Crippen LogP contribution is -2.31. The number of hydrogen-bond acceptors (Lipinski definition) is 4. The normalized spacial score (nSPS) is 12.8. The summed E-state index contributed by atoms with van der Waals surface area (Å²) >= 11 is 0. The summed E-state index contributed by atoms with van der Waals surface area (Å²) in [4.78, 5) is 13.2. The fourth-order valence-electron chi connectivity index (χ4n) is 4.43. The van der Waals surface area contributed by atoms with Crippen molar-refractivity contribution in [3.8, 4) is 5.75 Å². The molecule has 0 fully saturated rings. The summed E-state index contributed by atoms with van der Waals surface area (Å²) in [6.45, 7) is 3.28. The van der Waals surface area contributed by atoms with E-state index in [1.165, 1.54) is 22.9 Å². The van der Waals surface area contributed by atoms with Gasteiger partial charge in [0, 0.05) is 37.4 Å². The third-order valence-corrected chi connectivity index (χ3v) is 6.17. The molecule has 0 amide bonds. The van der Waals surface area contributed by atoms with E-state index in [0.29, 0.717) is 24.4 Å². The SMILES string of the molecule is O=C(O)CCc1ccc(NCc2cccc3c2CCCN3CCCOc2ccccc2)cc1F. The molecule has 34 heavy (non-hydrogen) atoms. The first-order chi connectivity index (χ1) is 16.6. The van der Waals surface area contributed by atoms with E-state index < -0.39 is 5.97 Å². The molecule has 0 bridgehead atoms. The molecule has 0 saturated heterocycles. The van der Waals surface area contributed by atoms with Gasteiger partial charge in [0.15, 0.2) is 0 Å². The first-order valence-electron chi connectivity index (χ1n) is 11.9. The van der Waals surface area contributed by atoms with Crippen molar-refractivity contribution in [1.29, 1.82) is 0 Å². The number of aryl methyl sites for hydroxylation is 1. The first-order valence-corrected chi connectivity index (χ1v) is 11.9. The Labute approximate surface area is 200 Å². The third-order valence-electron chi connectivity index (χ3n) is 6.17. The number of benzene rings is 3. The number of carboxylic acids is 1. The molecule has 0 spiro atoms. The summed E-state index contributed by atoms with van der Waals surface area (Å²) in [7, 11) is 0. The molecule has 4 rings (SSSR count). The molecule has 3 aromatic carbocycles. The van der Waals surface area contributed by atoms with Gasteiger partial charge in [0.1, 0.15) is 11.6 Å². The minimum absolute atomic E-state index is 0.0747. The average molecular weight is 463 g/mol. The molecule has 1 heterocycles. The maximum atomic E-state index is 14.4. The molecule has 5 nitrogen and oxygen atoms in total. The van der Waals surface area contributed by atoms with E-state index >= 15 is 0 Å². The molecule has 6 heteroatoms. The van der Waals surface area contributed by atoms with Crippen LogP contribution in [0.5, 0.6) is 5.75 Å². The Hall–Kier alpha value is -3.54. The number of rotatable bonds is 11. The molecular formula is C28H31FN2O3. The molecule has 1 aliphatic rings. The van der Waals surface area contributed by atoms with Gasteiger partial charge >= 0.3 is 5.97 Å². The zero-order valence-corrected chi connectivity index (χ0v) is 19.3. The highest BCUT2D eigenvalue weighted by Crippen LogP contribution is 2.30. The second-order valence-electron chi connectivity index (χ2n) is 8.57. The third kappa shape index (κ3) is 6.28. The van der Waals surface area contributed by atoms with E-state index in [1.807, 2.05) is 36.4 Å². The number of aliphatic carboxylic acids is 1. The van der Waals surface area contributed by atoms with Gasteiger partial charge in [0.25, 0.3) is 0 Å². The van der Waals surface area contributed by atoms with E-state index in [-0.39, 0.29) is 18.7 Å². The van der Waals surface area contributed by atoms with Crippen molar-refractivity contribution in [3.63, 3.8) is 0 Å². The summed E-state index contributed by atoms with van der Waals surface area (Å²) in [6.07, 6.45) is 3.21. The highest BCUT2D eigenvalue weighted by Gasteiger charge is 2.19. The van der Waals surface area contributed by atoms with Crippen molar-refractivity contribution in [1.82, 2.24) is 0 Å². The fourth-order valence-corrected chi connectivity index (χ4v) is 4.43. The number of carboxylic acid groups (broad SMARTS) is 1. The van der Waals surface area contributed by atoms with Crippen LogP contribution < -0.4 is 15.0 Å². The van der Waals surface area contributed by atoms with Crippen molar-refractivity contribution in [2.75, 3.05) is 29.9 Å².